The van der Waals surface area contributed by atoms with Gasteiger partial charge in [-0.1, -0.05) is 12.1 Å². The van der Waals surface area contributed by atoms with Crippen molar-refractivity contribution in [2.24, 2.45) is 7.05 Å². The molecule has 1 saturated carbocycles. The van der Waals surface area contributed by atoms with Crippen LogP contribution in [0.1, 0.15) is 34.7 Å². The van der Waals surface area contributed by atoms with E-state index in [9.17, 15) is 9.59 Å². The maximum atomic E-state index is 12.7. The van der Waals surface area contributed by atoms with Crippen LogP contribution in [0.2, 0.25) is 0 Å². The molecule has 1 aromatic heterocycles. The minimum absolute atomic E-state index is 0.134. The predicted molar refractivity (Wildman–Crippen MR) is 102 cm³/mol. The number of pyridine rings is 1. The van der Waals surface area contributed by atoms with Gasteiger partial charge in [0.2, 0.25) is 0 Å². The molecule has 4 rings (SSSR count). The summed E-state index contributed by atoms with van der Waals surface area (Å²) in [5, 5.41) is 3.66. The van der Waals surface area contributed by atoms with Gasteiger partial charge in [-0.25, -0.2) is 0 Å². The number of rotatable bonds is 4. The van der Waals surface area contributed by atoms with Gasteiger partial charge >= 0.3 is 0 Å². The fraction of sp³-hybridized carbons (Fsp3) is 0.238. The van der Waals surface area contributed by atoms with Crippen molar-refractivity contribution in [1.29, 1.82) is 0 Å². The number of hydrogen-bond acceptors (Lipinski definition) is 3. The van der Waals surface area contributed by atoms with E-state index < -0.39 is 5.91 Å². The monoisotopic (exact) mass is 348 g/mol. The average molecular weight is 348 g/mol. The molecular weight excluding hydrogens is 328 g/mol. The van der Waals surface area contributed by atoms with Gasteiger partial charge in [0.25, 0.3) is 11.5 Å². The molecule has 3 aromatic rings. The summed E-state index contributed by atoms with van der Waals surface area (Å²) in [6.07, 6.45) is 2.42. The lowest BCUT2D eigenvalue weighted by molar-refractivity contribution is 0.102. The van der Waals surface area contributed by atoms with Gasteiger partial charge in [0, 0.05) is 12.7 Å². The van der Waals surface area contributed by atoms with Gasteiger partial charge in [0.15, 0.2) is 0 Å². The van der Waals surface area contributed by atoms with Crippen LogP contribution in [0.15, 0.2) is 53.3 Å². The fourth-order valence-corrected chi connectivity index (χ4v) is 3.19. The normalized spacial score (nSPS) is 13.6. The number of hydrogen-bond donors (Lipinski definition) is 1. The summed E-state index contributed by atoms with van der Waals surface area (Å²) < 4.78 is 6.67. The molecule has 1 amide bonds. The highest BCUT2D eigenvalue weighted by Gasteiger charge is 2.24. The summed E-state index contributed by atoms with van der Waals surface area (Å²) in [4.78, 5) is 25.3. The lowest BCUT2D eigenvalue weighted by atomic mass is 10.1. The number of methoxy groups -OCH3 is 1. The molecule has 0 radical (unpaired) electrons. The fourth-order valence-electron chi connectivity index (χ4n) is 3.19. The number of nitrogens with one attached hydrogen (secondary N) is 1. The van der Waals surface area contributed by atoms with Crippen LogP contribution < -0.4 is 15.6 Å². The average Bonchev–Trinajstić information content (AvgIpc) is 3.50. The molecule has 5 heteroatoms. The van der Waals surface area contributed by atoms with Gasteiger partial charge < -0.3 is 14.6 Å². The first-order valence-electron chi connectivity index (χ1n) is 8.66. The summed E-state index contributed by atoms with van der Waals surface area (Å²) in [7, 11) is 3.30. The van der Waals surface area contributed by atoms with E-state index in [1.54, 1.807) is 49.1 Å². The number of anilines is 1. The SMILES string of the molecule is COc1ccc(NC(=O)c2cc3ccc(C4CC4)cc3n(C)c2=O)cc1. The zero-order valence-corrected chi connectivity index (χ0v) is 14.8. The number of amides is 1. The zero-order valence-electron chi connectivity index (χ0n) is 14.8. The lowest BCUT2D eigenvalue weighted by Gasteiger charge is -2.11. The Hall–Kier alpha value is -3.08. The van der Waals surface area contributed by atoms with E-state index in [0.717, 1.165) is 10.9 Å². The van der Waals surface area contributed by atoms with Crippen molar-refractivity contribution in [3.8, 4) is 5.75 Å². The quantitative estimate of drug-likeness (QED) is 0.782. The Labute approximate surface area is 151 Å². The van der Waals surface area contributed by atoms with Gasteiger partial charge in [-0.3, -0.25) is 9.59 Å². The molecule has 2 aromatic carbocycles. The molecule has 0 saturated heterocycles. The maximum absolute atomic E-state index is 12.7. The zero-order chi connectivity index (χ0) is 18.3. The Morgan fingerprint density at radius 3 is 2.50 bits per heavy atom. The van der Waals surface area contributed by atoms with Crippen LogP contribution in [0.3, 0.4) is 0 Å². The van der Waals surface area contributed by atoms with Crippen LogP contribution in [0.5, 0.6) is 5.75 Å². The molecule has 132 valence electrons. The van der Waals surface area contributed by atoms with Crippen molar-refractivity contribution in [2.45, 2.75) is 18.8 Å². The molecule has 1 fully saturated rings. The Bertz CT molecular complexity index is 1050. The van der Waals surface area contributed by atoms with E-state index in [1.807, 2.05) is 6.07 Å². The van der Waals surface area contributed by atoms with Gasteiger partial charge in [-0.05, 0) is 66.1 Å². The first kappa shape index (κ1) is 16.4. The van der Waals surface area contributed by atoms with Gasteiger partial charge in [-0.15, -0.1) is 0 Å². The summed E-state index contributed by atoms with van der Waals surface area (Å²) in [6.45, 7) is 0. The molecule has 0 bridgehead atoms. The van der Waals surface area contributed by atoms with E-state index in [2.05, 4.69) is 17.4 Å². The second kappa shape index (κ2) is 6.33. The highest BCUT2D eigenvalue weighted by atomic mass is 16.5. The second-order valence-corrected chi connectivity index (χ2v) is 6.70. The molecule has 26 heavy (non-hydrogen) atoms. The van der Waals surface area contributed by atoms with Crippen LogP contribution in [0.4, 0.5) is 5.69 Å². The van der Waals surface area contributed by atoms with Crippen LogP contribution >= 0.6 is 0 Å². The van der Waals surface area contributed by atoms with Crippen LogP contribution in [-0.4, -0.2) is 17.6 Å². The lowest BCUT2D eigenvalue weighted by Crippen LogP contribution is -2.27. The van der Waals surface area contributed by atoms with Crippen molar-refractivity contribution in [3.63, 3.8) is 0 Å². The molecule has 0 unspecified atom stereocenters. The van der Waals surface area contributed by atoms with E-state index >= 15 is 0 Å². The third-order valence-electron chi connectivity index (χ3n) is 4.89. The number of aryl methyl sites for hydroxylation is 1. The molecule has 1 aliphatic carbocycles. The third-order valence-corrected chi connectivity index (χ3v) is 4.89. The van der Waals surface area contributed by atoms with Gasteiger partial charge in [0.1, 0.15) is 11.3 Å². The highest BCUT2D eigenvalue weighted by molar-refractivity contribution is 6.05. The summed E-state index contributed by atoms with van der Waals surface area (Å²) in [5.41, 5.74) is 2.58. The van der Waals surface area contributed by atoms with Crippen molar-refractivity contribution in [2.75, 3.05) is 12.4 Å². The van der Waals surface area contributed by atoms with E-state index in [4.69, 9.17) is 4.74 Å². The summed E-state index contributed by atoms with van der Waals surface area (Å²) in [5.74, 6) is 0.910. The number of benzene rings is 2. The minimum atomic E-state index is -0.413. The Morgan fingerprint density at radius 1 is 1.12 bits per heavy atom. The molecule has 5 nitrogen and oxygen atoms in total. The Morgan fingerprint density at radius 2 is 1.85 bits per heavy atom. The summed E-state index contributed by atoms with van der Waals surface area (Å²) in [6, 6.07) is 14.8. The molecule has 1 aliphatic rings. The largest absolute Gasteiger partial charge is 0.497 e. The Kier molecular flexibility index (Phi) is 3.99. The van der Waals surface area contributed by atoms with E-state index in [0.29, 0.717) is 17.4 Å². The molecule has 0 aliphatic heterocycles. The number of nitrogens with zero attached hydrogens (tertiary/aromatic N) is 1. The van der Waals surface area contributed by atoms with Gasteiger partial charge in [0.05, 0.1) is 12.6 Å². The number of aromatic nitrogens is 1. The molecular formula is C21H20N2O3. The minimum Gasteiger partial charge on any atom is -0.497 e. The van der Waals surface area contributed by atoms with Crippen LogP contribution in [-0.2, 0) is 7.05 Å². The van der Waals surface area contributed by atoms with Crippen LogP contribution in [0.25, 0.3) is 10.9 Å². The number of carbonyl (C=O) groups excluding carboxylic acids is 1. The van der Waals surface area contributed by atoms with Crippen molar-refractivity contribution in [3.05, 3.63) is 70.0 Å². The number of fused-ring (bicyclic) bond motifs is 1. The van der Waals surface area contributed by atoms with E-state index in [-0.39, 0.29) is 11.1 Å². The third kappa shape index (κ3) is 2.96. The second-order valence-electron chi connectivity index (χ2n) is 6.70. The van der Waals surface area contributed by atoms with Gasteiger partial charge in [-0.2, -0.15) is 0 Å². The van der Waals surface area contributed by atoms with Crippen molar-refractivity contribution < 1.29 is 9.53 Å². The number of carbonyl (C=O) groups is 1. The molecule has 1 N–H and O–H groups in total. The Balaban J connectivity index is 1.68. The van der Waals surface area contributed by atoms with Crippen molar-refractivity contribution in [1.82, 2.24) is 4.57 Å². The number of ether oxygens (including phenoxy) is 1. The molecule has 0 spiro atoms. The predicted octanol–water partition coefficient (Wildman–Crippen LogP) is 3.68. The topological polar surface area (TPSA) is 60.3 Å². The smallest absolute Gasteiger partial charge is 0.263 e. The molecule has 1 heterocycles. The van der Waals surface area contributed by atoms with Crippen molar-refractivity contribution >= 4 is 22.5 Å². The summed E-state index contributed by atoms with van der Waals surface area (Å²) >= 11 is 0. The molecule has 0 atom stereocenters. The highest BCUT2D eigenvalue weighted by Crippen LogP contribution is 2.40. The first-order chi connectivity index (χ1) is 12.6. The van der Waals surface area contributed by atoms with E-state index in [1.165, 1.54) is 18.4 Å². The first-order valence-corrected chi connectivity index (χ1v) is 8.66. The van der Waals surface area contributed by atoms with Crippen LogP contribution in [0, 0.1) is 0 Å². The standard InChI is InChI=1S/C21H20N2O3/c1-23-19-12-14(13-3-4-13)5-6-15(19)11-18(21(23)25)20(24)22-16-7-9-17(26-2)10-8-16/h5-13H,3-4H2,1-2H3,(H,22,24). The maximum Gasteiger partial charge on any atom is 0.263 e.